The summed E-state index contributed by atoms with van der Waals surface area (Å²) in [6, 6.07) is 27.9. The van der Waals surface area contributed by atoms with E-state index in [1.807, 2.05) is 85.1 Å². The molecule has 29 heavy (non-hydrogen) atoms. The van der Waals surface area contributed by atoms with E-state index in [1.54, 1.807) is 0 Å². The number of aryl methyl sites for hydroxylation is 1. The first-order valence-electron chi connectivity index (χ1n) is 9.41. The minimum Gasteiger partial charge on any atom is -0.489 e. The van der Waals surface area contributed by atoms with Gasteiger partial charge >= 0.3 is 0 Å². The molecule has 1 N–H and O–H groups in total. The standard InChI is InChI=1S/C25H21NO2S/c1-18-7-13-23(14-8-18)28-16-19-15-24(29-17-19)25(27)26-22-11-9-21(10-12-22)20-5-3-2-4-6-20/h2-15,17H,16H2,1H3,(H,26,27). The Bertz CT molecular complexity index is 1080. The fourth-order valence-corrected chi connectivity index (χ4v) is 3.73. The highest BCUT2D eigenvalue weighted by atomic mass is 32.1. The Kier molecular flexibility index (Phi) is 5.73. The summed E-state index contributed by atoms with van der Waals surface area (Å²) in [7, 11) is 0. The van der Waals surface area contributed by atoms with Crippen LogP contribution in [0, 0.1) is 6.92 Å². The topological polar surface area (TPSA) is 38.3 Å². The molecule has 0 aliphatic heterocycles. The molecule has 144 valence electrons. The zero-order valence-corrected chi connectivity index (χ0v) is 16.9. The van der Waals surface area contributed by atoms with E-state index in [1.165, 1.54) is 16.9 Å². The van der Waals surface area contributed by atoms with Gasteiger partial charge in [0, 0.05) is 11.3 Å². The molecule has 0 saturated carbocycles. The molecule has 0 aliphatic carbocycles. The fraction of sp³-hybridized carbons (Fsp3) is 0.0800. The van der Waals surface area contributed by atoms with Crippen molar-refractivity contribution in [2.24, 2.45) is 0 Å². The lowest BCUT2D eigenvalue weighted by atomic mass is 10.1. The van der Waals surface area contributed by atoms with Crippen molar-refractivity contribution in [2.75, 3.05) is 5.32 Å². The van der Waals surface area contributed by atoms with Crippen LogP contribution in [0.25, 0.3) is 11.1 Å². The normalized spacial score (nSPS) is 10.5. The minimum atomic E-state index is -0.107. The van der Waals surface area contributed by atoms with Crippen LogP contribution in [0.4, 0.5) is 5.69 Å². The van der Waals surface area contributed by atoms with Gasteiger partial charge in [0.1, 0.15) is 12.4 Å². The summed E-state index contributed by atoms with van der Waals surface area (Å²) >= 11 is 1.42. The summed E-state index contributed by atoms with van der Waals surface area (Å²) in [5.74, 6) is 0.718. The Balaban J connectivity index is 1.36. The molecule has 0 aliphatic rings. The zero-order chi connectivity index (χ0) is 20.1. The van der Waals surface area contributed by atoms with E-state index < -0.39 is 0 Å². The lowest BCUT2D eigenvalue weighted by Gasteiger charge is -2.06. The first kappa shape index (κ1) is 19.0. The molecule has 0 spiro atoms. The fourth-order valence-electron chi connectivity index (χ4n) is 2.94. The minimum absolute atomic E-state index is 0.107. The number of carbonyl (C=O) groups excluding carboxylic acids is 1. The van der Waals surface area contributed by atoms with Crippen LogP contribution >= 0.6 is 11.3 Å². The van der Waals surface area contributed by atoms with Crippen molar-refractivity contribution in [3.8, 4) is 16.9 Å². The molecule has 3 nitrogen and oxygen atoms in total. The van der Waals surface area contributed by atoms with Crippen LogP contribution in [-0.4, -0.2) is 5.91 Å². The second-order valence-corrected chi connectivity index (χ2v) is 7.73. The molecule has 4 aromatic rings. The predicted molar refractivity (Wildman–Crippen MR) is 120 cm³/mol. The molecule has 4 rings (SSSR count). The number of amides is 1. The Morgan fingerprint density at radius 2 is 1.59 bits per heavy atom. The molecule has 1 amide bonds. The van der Waals surface area contributed by atoms with Crippen LogP contribution < -0.4 is 10.1 Å². The maximum absolute atomic E-state index is 12.6. The SMILES string of the molecule is Cc1ccc(OCc2csc(C(=O)Nc3ccc(-c4ccccc4)cc3)c2)cc1. The van der Waals surface area contributed by atoms with Gasteiger partial charge in [-0.25, -0.2) is 0 Å². The quantitative estimate of drug-likeness (QED) is 0.399. The summed E-state index contributed by atoms with van der Waals surface area (Å²) in [4.78, 5) is 13.2. The van der Waals surface area contributed by atoms with Crippen LogP contribution in [0.2, 0.25) is 0 Å². The molecule has 0 unspecified atom stereocenters. The summed E-state index contributed by atoms with van der Waals surface area (Å²) in [5, 5.41) is 4.92. The van der Waals surface area contributed by atoms with E-state index in [0.29, 0.717) is 11.5 Å². The number of carbonyl (C=O) groups is 1. The highest BCUT2D eigenvalue weighted by molar-refractivity contribution is 7.12. The Morgan fingerprint density at radius 3 is 2.31 bits per heavy atom. The van der Waals surface area contributed by atoms with E-state index in [9.17, 15) is 4.79 Å². The van der Waals surface area contributed by atoms with Gasteiger partial charge in [0.25, 0.3) is 5.91 Å². The maximum atomic E-state index is 12.6. The largest absolute Gasteiger partial charge is 0.489 e. The highest BCUT2D eigenvalue weighted by Crippen LogP contribution is 2.23. The molecule has 1 heterocycles. The third kappa shape index (κ3) is 4.92. The molecule has 0 radical (unpaired) electrons. The van der Waals surface area contributed by atoms with Gasteiger partial charge in [-0.3, -0.25) is 4.79 Å². The third-order valence-electron chi connectivity index (χ3n) is 4.55. The van der Waals surface area contributed by atoms with Gasteiger partial charge in [0.2, 0.25) is 0 Å². The second-order valence-electron chi connectivity index (χ2n) is 6.82. The van der Waals surface area contributed by atoms with Crippen LogP contribution in [0.1, 0.15) is 20.8 Å². The van der Waals surface area contributed by atoms with Gasteiger partial charge in [-0.1, -0.05) is 60.2 Å². The molecule has 0 bridgehead atoms. The summed E-state index contributed by atoms with van der Waals surface area (Å²) in [6.45, 7) is 2.49. The molecule has 3 aromatic carbocycles. The maximum Gasteiger partial charge on any atom is 0.265 e. The van der Waals surface area contributed by atoms with Gasteiger partial charge in [-0.2, -0.15) is 0 Å². The number of ether oxygens (including phenoxy) is 1. The number of rotatable bonds is 6. The van der Waals surface area contributed by atoms with E-state index in [2.05, 4.69) is 17.4 Å². The van der Waals surface area contributed by atoms with E-state index in [4.69, 9.17) is 4.74 Å². The average molecular weight is 400 g/mol. The Hall–Kier alpha value is -3.37. The molecule has 4 heteroatoms. The van der Waals surface area contributed by atoms with Crippen molar-refractivity contribution in [2.45, 2.75) is 13.5 Å². The molecular formula is C25H21NO2S. The van der Waals surface area contributed by atoms with Crippen molar-refractivity contribution >= 4 is 22.9 Å². The van der Waals surface area contributed by atoms with Gasteiger partial charge < -0.3 is 10.1 Å². The van der Waals surface area contributed by atoms with Crippen LogP contribution in [0.5, 0.6) is 5.75 Å². The molecule has 0 fully saturated rings. The van der Waals surface area contributed by atoms with Crippen molar-refractivity contribution < 1.29 is 9.53 Å². The Morgan fingerprint density at radius 1 is 0.897 bits per heavy atom. The van der Waals surface area contributed by atoms with E-state index >= 15 is 0 Å². The number of nitrogens with one attached hydrogen (secondary N) is 1. The molecule has 0 atom stereocenters. The number of hydrogen-bond acceptors (Lipinski definition) is 3. The predicted octanol–water partition coefficient (Wildman–Crippen LogP) is 6.55. The number of thiophene rings is 1. The third-order valence-corrected chi connectivity index (χ3v) is 5.53. The first-order valence-corrected chi connectivity index (χ1v) is 10.3. The number of anilines is 1. The highest BCUT2D eigenvalue weighted by Gasteiger charge is 2.10. The second kappa shape index (κ2) is 8.76. The summed E-state index contributed by atoms with van der Waals surface area (Å²) in [6.07, 6.45) is 0. The van der Waals surface area contributed by atoms with Crippen molar-refractivity contribution in [1.82, 2.24) is 0 Å². The summed E-state index contributed by atoms with van der Waals surface area (Å²) < 4.78 is 5.79. The Labute approximate surface area is 174 Å². The van der Waals surface area contributed by atoms with Crippen molar-refractivity contribution in [3.63, 3.8) is 0 Å². The number of benzene rings is 3. The van der Waals surface area contributed by atoms with E-state index in [-0.39, 0.29) is 5.91 Å². The van der Waals surface area contributed by atoms with Crippen LogP contribution in [0.15, 0.2) is 90.3 Å². The number of hydrogen-bond donors (Lipinski definition) is 1. The lowest BCUT2D eigenvalue weighted by Crippen LogP contribution is -2.10. The monoisotopic (exact) mass is 399 g/mol. The van der Waals surface area contributed by atoms with Crippen LogP contribution in [-0.2, 0) is 6.61 Å². The smallest absolute Gasteiger partial charge is 0.265 e. The van der Waals surface area contributed by atoms with E-state index in [0.717, 1.165) is 28.1 Å². The molecular weight excluding hydrogens is 378 g/mol. The van der Waals surface area contributed by atoms with Crippen molar-refractivity contribution in [3.05, 3.63) is 106 Å². The molecule has 0 saturated heterocycles. The molecule has 1 aromatic heterocycles. The first-order chi connectivity index (χ1) is 14.2. The van der Waals surface area contributed by atoms with Gasteiger partial charge in [-0.15, -0.1) is 11.3 Å². The van der Waals surface area contributed by atoms with Gasteiger partial charge in [0.15, 0.2) is 0 Å². The summed E-state index contributed by atoms with van der Waals surface area (Å²) in [5.41, 5.74) is 5.24. The van der Waals surface area contributed by atoms with Gasteiger partial charge in [0.05, 0.1) is 4.88 Å². The zero-order valence-electron chi connectivity index (χ0n) is 16.1. The van der Waals surface area contributed by atoms with Gasteiger partial charge in [-0.05, 0) is 53.8 Å². The van der Waals surface area contributed by atoms with Crippen molar-refractivity contribution in [1.29, 1.82) is 0 Å². The lowest BCUT2D eigenvalue weighted by molar-refractivity contribution is 0.103. The van der Waals surface area contributed by atoms with Crippen LogP contribution in [0.3, 0.4) is 0 Å². The average Bonchev–Trinajstić information content (AvgIpc) is 3.24.